The van der Waals surface area contributed by atoms with E-state index in [0.717, 1.165) is 42.9 Å². The lowest BCUT2D eigenvalue weighted by molar-refractivity contribution is -0.183. The Kier molecular flexibility index (Phi) is 6.70. The summed E-state index contributed by atoms with van der Waals surface area (Å²) in [6.07, 6.45) is 9.36. The molecule has 4 heteroatoms. The van der Waals surface area contributed by atoms with Gasteiger partial charge in [0.1, 0.15) is 0 Å². The second-order valence-corrected chi connectivity index (χ2v) is 11.2. The summed E-state index contributed by atoms with van der Waals surface area (Å²) in [4.78, 5) is 25.0. The molecule has 3 unspecified atom stereocenters. The van der Waals surface area contributed by atoms with Crippen LogP contribution in [0.5, 0.6) is 0 Å². The number of esters is 2. The third-order valence-corrected chi connectivity index (χ3v) is 8.77. The SMILES string of the molecule is CC(C)OC(=O)COC(=O)[C@]1(C)CCC[C@@]2(C)C1CCC1CC(C(C)C)CC[C@@H]12. The van der Waals surface area contributed by atoms with Crippen molar-refractivity contribution in [2.45, 2.75) is 99.0 Å². The summed E-state index contributed by atoms with van der Waals surface area (Å²) in [6.45, 7) is 12.7. The largest absolute Gasteiger partial charge is 0.460 e. The lowest BCUT2D eigenvalue weighted by Crippen LogP contribution is -2.56. The molecule has 6 atom stereocenters. The molecule has 3 aliphatic carbocycles. The Morgan fingerprint density at radius 2 is 1.72 bits per heavy atom. The summed E-state index contributed by atoms with van der Waals surface area (Å²) in [6, 6.07) is 0. The molecule has 29 heavy (non-hydrogen) atoms. The maximum Gasteiger partial charge on any atom is 0.344 e. The summed E-state index contributed by atoms with van der Waals surface area (Å²) in [5.74, 6) is 2.90. The van der Waals surface area contributed by atoms with Crippen molar-refractivity contribution in [3.63, 3.8) is 0 Å². The smallest absolute Gasteiger partial charge is 0.344 e. The van der Waals surface area contributed by atoms with E-state index in [-0.39, 0.29) is 24.1 Å². The van der Waals surface area contributed by atoms with Gasteiger partial charge in [0.05, 0.1) is 11.5 Å². The second-order valence-electron chi connectivity index (χ2n) is 11.2. The summed E-state index contributed by atoms with van der Waals surface area (Å²) >= 11 is 0. The van der Waals surface area contributed by atoms with Crippen LogP contribution in [0.15, 0.2) is 0 Å². The van der Waals surface area contributed by atoms with E-state index in [4.69, 9.17) is 9.47 Å². The molecule has 0 aromatic carbocycles. The summed E-state index contributed by atoms with van der Waals surface area (Å²) in [5, 5.41) is 0. The van der Waals surface area contributed by atoms with Gasteiger partial charge in [-0.15, -0.1) is 0 Å². The van der Waals surface area contributed by atoms with Gasteiger partial charge < -0.3 is 9.47 Å². The topological polar surface area (TPSA) is 52.6 Å². The van der Waals surface area contributed by atoms with Gasteiger partial charge in [-0.3, -0.25) is 4.79 Å². The van der Waals surface area contributed by atoms with Gasteiger partial charge in [-0.2, -0.15) is 0 Å². The van der Waals surface area contributed by atoms with E-state index in [1.165, 1.54) is 32.1 Å². The van der Waals surface area contributed by atoms with E-state index in [1.54, 1.807) is 13.8 Å². The number of carbonyl (C=O) groups is 2. The fourth-order valence-corrected chi connectivity index (χ4v) is 7.31. The van der Waals surface area contributed by atoms with Crippen LogP contribution in [0.2, 0.25) is 0 Å². The van der Waals surface area contributed by atoms with Gasteiger partial charge in [0, 0.05) is 0 Å². The third-order valence-electron chi connectivity index (χ3n) is 8.77. The van der Waals surface area contributed by atoms with E-state index < -0.39 is 11.4 Å². The van der Waals surface area contributed by atoms with Crippen molar-refractivity contribution in [1.29, 1.82) is 0 Å². The summed E-state index contributed by atoms with van der Waals surface area (Å²) in [5.41, 5.74) is -0.264. The average Bonchev–Trinajstić information content (AvgIpc) is 2.64. The number of hydrogen-bond donors (Lipinski definition) is 0. The van der Waals surface area contributed by atoms with Gasteiger partial charge >= 0.3 is 11.9 Å². The average molecular weight is 407 g/mol. The van der Waals surface area contributed by atoms with Crippen LogP contribution in [-0.4, -0.2) is 24.6 Å². The molecule has 3 saturated carbocycles. The number of ether oxygens (including phenoxy) is 2. The first-order valence-corrected chi connectivity index (χ1v) is 11.9. The van der Waals surface area contributed by atoms with E-state index in [2.05, 4.69) is 27.7 Å². The first kappa shape index (κ1) is 22.6. The highest BCUT2D eigenvalue weighted by atomic mass is 16.6. The van der Waals surface area contributed by atoms with Crippen molar-refractivity contribution in [2.24, 2.45) is 40.4 Å². The van der Waals surface area contributed by atoms with E-state index in [1.807, 2.05) is 0 Å². The maximum absolute atomic E-state index is 13.2. The van der Waals surface area contributed by atoms with Crippen LogP contribution in [0.25, 0.3) is 0 Å². The van der Waals surface area contributed by atoms with Crippen molar-refractivity contribution in [3.05, 3.63) is 0 Å². The maximum atomic E-state index is 13.2. The first-order chi connectivity index (χ1) is 13.6. The van der Waals surface area contributed by atoms with E-state index >= 15 is 0 Å². The van der Waals surface area contributed by atoms with Crippen molar-refractivity contribution in [3.8, 4) is 0 Å². The molecular formula is C25H42O4. The molecule has 0 aromatic rings. The molecule has 3 aliphatic rings. The Balaban J connectivity index is 1.71. The second kappa shape index (κ2) is 8.59. The summed E-state index contributed by atoms with van der Waals surface area (Å²) < 4.78 is 10.6. The molecule has 0 saturated heterocycles. The Morgan fingerprint density at radius 1 is 1.00 bits per heavy atom. The lowest BCUT2D eigenvalue weighted by atomic mass is 9.43. The monoisotopic (exact) mass is 406 g/mol. The number of rotatable bonds is 5. The van der Waals surface area contributed by atoms with Gasteiger partial charge in [0.15, 0.2) is 6.61 Å². The van der Waals surface area contributed by atoms with Crippen LogP contribution < -0.4 is 0 Å². The van der Waals surface area contributed by atoms with Crippen molar-refractivity contribution >= 4 is 11.9 Å². The first-order valence-electron chi connectivity index (χ1n) is 11.9. The summed E-state index contributed by atoms with van der Waals surface area (Å²) in [7, 11) is 0. The number of fused-ring (bicyclic) bond motifs is 3. The number of hydrogen-bond acceptors (Lipinski definition) is 4. The lowest BCUT2D eigenvalue weighted by Gasteiger charge is -2.61. The van der Waals surface area contributed by atoms with Crippen LogP contribution in [0, 0.1) is 40.4 Å². The van der Waals surface area contributed by atoms with Crippen LogP contribution in [0.3, 0.4) is 0 Å². The van der Waals surface area contributed by atoms with E-state index in [0.29, 0.717) is 5.92 Å². The van der Waals surface area contributed by atoms with Crippen molar-refractivity contribution in [1.82, 2.24) is 0 Å². The van der Waals surface area contributed by atoms with Crippen LogP contribution >= 0.6 is 0 Å². The molecule has 0 amide bonds. The molecule has 0 aromatic heterocycles. The molecule has 0 aliphatic heterocycles. The Morgan fingerprint density at radius 3 is 2.38 bits per heavy atom. The van der Waals surface area contributed by atoms with Gasteiger partial charge in [-0.1, -0.05) is 27.2 Å². The highest BCUT2D eigenvalue weighted by Gasteiger charge is 2.59. The Labute approximate surface area is 177 Å². The highest BCUT2D eigenvalue weighted by Crippen LogP contribution is 2.64. The predicted molar refractivity (Wildman–Crippen MR) is 114 cm³/mol. The standard InChI is InChI=1S/C25H42O4/c1-16(2)18-8-10-20-19(14-18)9-11-21-24(20,5)12-7-13-25(21,6)23(27)28-15-22(26)29-17(3)4/h16-21H,7-15H2,1-6H3/t18?,19?,20-,21?,24+,25+/m0/s1. The Bertz CT molecular complexity index is 612. The normalized spacial score (nSPS) is 39.6. The van der Waals surface area contributed by atoms with Gasteiger partial charge in [0.25, 0.3) is 0 Å². The highest BCUT2D eigenvalue weighted by molar-refractivity contribution is 5.80. The van der Waals surface area contributed by atoms with Crippen molar-refractivity contribution in [2.75, 3.05) is 6.61 Å². The molecule has 0 bridgehead atoms. The quantitative estimate of drug-likeness (QED) is 0.543. The van der Waals surface area contributed by atoms with Gasteiger partial charge in [-0.05, 0) is 101 Å². The third kappa shape index (κ3) is 4.37. The van der Waals surface area contributed by atoms with Crippen LogP contribution in [-0.2, 0) is 19.1 Å². The molecule has 0 spiro atoms. The Hall–Kier alpha value is -1.06. The molecular weight excluding hydrogens is 364 g/mol. The number of carbonyl (C=O) groups excluding carboxylic acids is 2. The minimum absolute atomic E-state index is 0.189. The zero-order valence-corrected chi connectivity index (χ0v) is 19.5. The predicted octanol–water partition coefficient (Wildman–Crippen LogP) is 5.78. The van der Waals surface area contributed by atoms with Crippen molar-refractivity contribution < 1.29 is 19.1 Å². The molecule has 0 radical (unpaired) electrons. The van der Waals surface area contributed by atoms with E-state index in [9.17, 15) is 9.59 Å². The van der Waals surface area contributed by atoms with Crippen LogP contribution in [0.1, 0.15) is 92.9 Å². The fourth-order valence-electron chi connectivity index (χ4n) is 7.31. The minimum atomic E-state index is -0.481. The van der Waals surface area contributed by atoms with Crippen LogP contribution in [0.4, 0.5) is 0 Å². The molecule has 4 nitrogen and oxygen atoms in total. The molecule has 0 heterocycles. The molecule has 3 rings (SSSR count). The molecule has 0 N–H and O–H groups in total. The fraction of sp³-hybridized carbons (Fsp3) is 0.920. The van der Waals surface area contributed by atoms with Gasteiger partial charge in [-0.25, -0.2) is 4.79 Å². The minimum Gasteiger partial charge on any atom is -0.460 e. The van der Waals surface area contributed by atoms with Gasteiger partial charge in [0.2, 0.25) is 0 Å². The zero-order valence-electron chi connectivity index (χ0n) is 19.5. The molecule has 166 valence electrons. The zero-order chi connectivity index (χ0) is 21.4. The molecule has 3 fully saturated rings.